The van der Waals surface area contributed by atoms with Gasteiger partial charge in [-0.1, -0.05) is 6.92 Å². The van der Waals surface area contributed by atoms with Crippen molar-refractivity contribution < 1.29 is 9.59 Å². The van der Waals surface area contributed by atoms with Gasteiger partial charge < -0.3 is 15.5 Å². The van der Waals surface area contributed by atoms with Gasteiger partial charge in [0.1, 0.15) is 0 Å². The van der Waals surface area contributed by atoms with Crippen LogP contribution >= 0.6 is 0 Å². The Hall–Kier alpha value is -1.10. The minimum atomic E-state index is -0.0589. The SMILES string of the molecule is CCCNCC(=O)N1CCCNC(=O)C1. The molecular formula is C10H19N3O2. The minimum Gasteiger partial charge on any atom is -0.354 e. The largest absolute Gasteiger partial charge is 0.354 e. The van der Waals surface area contributed by atoms with E-state index < -0.39 is 0 Å². The van der Waals surface area contributed by atoms with Gasteiger partial charge in [0, 0.05) is 13.1 Å². The molecule has 0 bridgehead atoms. The molecule has 86 valence electrons. The van der Waals surface area contributed by atoms with Crippen molar-refractivity contribution in [2.24, 2.45) is 0 Å². The van der Waals surface area contributed by atoms with Gasteiger partial charge >= 0.3 is 0 Å². The molecule has 0 aromatic carbocycles. The number of carbonyl (C=O) groups is 2. The summed E-state index contributed by atoms with van der Waals surface area (Å²) in [6.45, 7) is 4.77. The van der Waals surface area contributed by atoms with Gasteiger partial charge in [0.25, 0.3) is 0 Å². The van der Waals surface area contributed by atoms with Crippen LogP contribution in [0.15, 0.2) is 0 Å². The summed E-state index contributed by atoms with van der Waals surface area (Å²) in [7, 11) is 0. The molecule has 0 radical (unpaired) electrons. The monoisotopic (exact) mass is 213 g/mol. The zero-order valence-corrected chi connectivity index (χ0v) is 9.21. The number of nitrogens with one attached hydrogen (secondary N) is 2. The van der Waals surface area contributed by atoms with E-state index in [0.29, 0.717) is 19.6 Å². The van der Waals surface area contributed by atoms with Crippen molar-refractivity contribution in [2.75, 3.05) is 32.7 Å². The fourth-order valence-corrected chi connectivity index (χ4v) is 1.50. The topological polar surface area (TPSA) is 61.4 Å². The second-order valence-corrected chi connectivity index (χ2v) is 3.70. The molecule has 1 aliphatic heterocycles. The number of amides is 2. The third-order valence-corrected chi connectivity index (χ3v) is 2.32. The predicted molar refractivity (Wildman–Crippen MR) is 57.4 cm³/mol. The highest BCUT2D eigenvalue weighted by atomic mass is 16.2. The number of rotatable bonds is 4. The van der Waals surface area contributed by atoms with E-state index >= 15 is 0 Å². The van der Waals surface area contributed by atoms with E-state index in [2.05, 4.69) is 17.6 Å². The lowest BCUT2D eigenvalue weighted by atomic mass is 10.3. The summed E-state index contributed by atoms with van der Waals surface area (Å²) < 4.78 is 0. The molecule has 0 saturated carbocycles. The third kappa shape index (κ3) is 4.29. The van der Waals surface area contributed by atoms with Crippen molar-refractivity contribution in [3.8, 4) is 0 Å². The van der Waals surface area contributed by atoms with E-state index in [4.69, 9.17) is 0 Å². The Morgan fingerprint density at radius 1 is 1.60 bits per heavy atom. The van der Waals surface area contributed by atoms with Crippen LogP contribution in [0.1, 0.15) is 19.8 Å². The molecule has 1 rings (SSSR count). The van der Waals surface area contributed by atoms with E-state index in [1.54, 1.807) is 4.90 Å². The number of carbonyl (C=O) groups excluding carboxylic acids is 2. The fraction of sp³-hybridized carbons (Fsp3) is 0.800. The quantitative estimate of drug-likeness (QED) is 0.609. The minimum absolute atomic E-state index is 0.0144. The second kappa shape index (κ2) is 6.40. The van der Waals surface area contributed by atoms with Crippen LogP contribution in [-0.4, -0.2) is 49.4 Å². The molecule has 0 aromatic heterocycles. The lowest BCUT2D eigenvalue weighted by Crippen LogP contribution is -2.42. The first-order valence-corrected chi connectivity index (χ1v) is 5.49. The Bertz CT molecular complexity index is 231. The molecule has 0 aliphatic carbocycles. The molecule has 2 amide bonds. The van der Waals surface area contributed by atoms with Crippen LogP contribution in [-0.2, 0) is 9.59 Å². The van der Waals surface area contributed by atoms with Gasteiger partial charge in [-0.3, -0.25) is 9.59 Å². The highest BCUT2D eigenvalue weighted by molar-refractivity contribution is 5.86. The first-order chi connectivity index (χ1) is 7.24. The third-order valence-electron chi connectivity index (χ3n) is 2.32. The summed E-state index contributed by atoms with van der Waals surface area (Å²) >= 11 is 0. The average molecular weight is 213 g/mol. The zero-order valence-electron chi connectivity index (χ0n) is 9.21. The number of hydrogen-bond donors (Lipinski definition) is 2. The highest BCUT2D eigenvalue weighted by Crippen LogP contribution is 1.96. The second-order valence-electron chi connectivity index (χ2n) is 3.70. The van der Waals surface area contributed by atoms with Gasteiger partial charge in [-0.25, -0.2) is 0 Å². The lowest BCUT2D eigenvalue weighted by Gasteiger charge is -2.19. The van der Waals surface area contributed by atoms with Crippen LogP contribution in [0.25, 0.3) is 0 Å². The number of nitrogens with zero attached hydrogens (tertiary/aromatic N) is 1. The van der Waals surface area contributed by atoms with Gasteiger partial charge in [-0.05, 0) is 19.4 Å². The predicted octanol–water partition coefficient (Wildman–Crippen LogP) is -0.665. The maximum Gasteiger partial charge on any atom is 0.239 e. The average Bonchev–Trinajstić information content (AvgIpc) is 2.43. The summed E-state index contributed by atoms with van der Waals surface area (Å²) in [6, 6.07) is 0. The summed E-state index contributed by atoms with van der Waals surface area (Å²) in [4.78, 5) is 24.5. The van der Waals surface area contributed by atoms with E-state index in [9.17, 15) is 9.59 Å². The van der Waals surface area contributed by atoms with E-state index in [0.717, 1.165) is 19.4 Å². The van der Waals surface area contributed by atoms with Gasteiger partial charge in [0.15, 0.2) is 0 Å². The molecule has 15 heavy (non-hydrogen) atoms. The zero-order chi connectivity index (χ0) is 11.1. The van der Waals surface area contributed by atoms with Crippen LogP contribution in [0.3, 0.4) is 0 Å². The molecule has 0 unspecified atom stereocenters. The molecule has 1 heterocycles. The van der Waals surface area contributed by atoms with Crippen molar-refractivity contribution >= 4 is 11.8 Å². The number of hydrogen-bond acceptors (Lipinski definition) is 3. The Kier molecular flexibility index (Phi) is 5.10. The normalized spacial score (nSPS) is 17.1. The summed E-state index contributed by atoms with van der Waals surface area (Å²) in [5.41, 5.74) is 0. The van der Waals surface area contributed by atoms with Crippen molar-refractivity contribution in [3.05, 3.63) is 0 Å². The standard InChI is InChI=1S/C10H19N3O2/c1-2-4-11-7-10(15)13-6-3-5-12-9(14)8-13/h11H,2-8H2,1H3,(H,12,14). The van der Waals surface area contributed by atoms with Gasteiger partial charge in [0.05, 0.1) is 13.1 Å². The molecule has 0 spiro atoms. The summed E-state index contributed by atoms with van der Waals surface area (Å²) in [5.74, 6) is -0.0446. The molecule has 5 heteroatoms. The van der Waals surface area contributed by atoms with E-state index in [1.807, 2.05) is 0 Å². The van der Waals surface area contributed by atoms with Crippen molar-refractivity contribution in [1.82, 2.24) is 15.5 Å². The van der Waals surface area contributed by atoms with Crippen LogP contribution in [0.4, 0.5) is 0 Å². The van der Waals surface area contributed by atoms with Crippen LogP contribution in [0, 0.1) is 0 Å². The Labute approximate surface area is 90.2 Å². The summed E-state index contributed by atoms with van der Waals surface area (Å²) in [5, 5.41) is 5.79. The van der Waals surface area contributed by atoms with Gasteiger partial charge in [0.2, 0.25) is 11.8 Å². The fourth-order valence-electron chi connectivity index (χ4n) is 1.50. The molecule has 1 fully saturated rings. The highest BCUT2D eigenvalue weighted by Gasteiger charge is 2.18. The maximum absolute atomic E-state index is 11.7. The van der Waals surface area contributed by atoms with Crippen molar-refractivity contribution in [3.63, 3.8) is 0 Å². The van der Waals surface area contributed by atoms with Gasteiger partial charge in [-0.15, -0.1) is 0 Å². The smallest absolute Gasteiger partial charge is 0.239 e. The first-order valence-electron chi connectivity index (χ1n) is 5.49. The molecule has 0 aromatic rings. The van der Waals surface area contributed by atoms with Crippen molar-refractivity contribution in [2.45, 2.75) is 19.8 Å². The molecule has 2 N–H and O–H groups in total. The molecule has 1 aliphatic rings. The first kappa shape index (κ1) is 12.0. The van der Waals surface area contributed by atoms with E-state index in [-0.39, 0.29) is 18.4 Å². The van der Waals surface area contributed by atoms with Crippen LogP contribution < -0.4 is 10.6 Å². The van der Waals surface area contributed by atoms with Crippen molar-refractivity contribution in [1.29, 1.82) is 0 Å². The Morgan fingerprint density at radius 3 is 3.13 bits per heavy atom. The Balaban J connectivity index is 2.33. The molecule has 1 saturated heterocycles. The maximum atomic E-state index is 11.7. The molecular weight excluding hydrogens is 194 g/mol. The van der Waals surface area contributed by atoms with Crippen LogP contribution in [0.2, 0.25) is 0 Å². The molecule has 5 nitrogen and oxygen atoms in total. The van der Waals surface area contributed by atoms with Crippen LogP contribution in [0.5, 0.6) is 0 Å². The summed E-state index contributed by atoms with van der Waals surface area (Å²) in [6.07, 6.45) is 1.85. The Morgan fingerprint density at radius 2 is 2.40 bits per heavy atom. The van der Waals surface area contributed by atoms with E-state index in [1.165, 1.54) is 0 Å². The lowest BCUT2D eigenvalue weighted by molar-refractivity contribution is -0.134. The molecule has 0 atom stereocenters. The van der Waals surface area contributed by atoms with Gasteiger partial charge in [-0.2, -0.15) is 0 Å².